The molecule has 0 N–H and O–H groups in total. The second kappa shape index (κ2) is 6.84. The van der Waals surface area contributed by atoms with Crippen LogP contribution in [0.15, 0.2) is 49.3 Å². The number of hydrogen-bond acceptors (Lipinski definition) is 5. The van der Waals surface area contributed by atoms with Crippen molar-refractivity contribution in [2.45, 2.75) is 19.4 Å². The Morgan fingerprint density at radius 1 is 1.28 bits per heavy atom. The minimum Gasteiger partial charge on any atom is -0.338 e. The third-order valence-electron chi connectivity index (χ3n) is 4.52. The molecule has 3 aromatic rings. The Labute approximate surface area is 145 Å². The topological polar surface area (TPSA) is 81.7 Å². The zero-order chi connectivity index (χ0) is 17.1. The lowest BCUT2D eigenvalue weighted by atomic mass is 9.97. The lowest BCUT2D eigenvalue weighted by molar-refractivity contribution is 0.0659. The van der Waals surface area contributed by atoms with Crippen LogP contribution in [0.3, 0.4) is 0 Å². The normalized spacial score (nSPS) is 17.6. The summed E-state index contributed by atoms with van der Waals surface area (Å²) in [6, 6.07) is 7.52. The summed E-state index contributed by atoms with van der Waals surface area (Å²) in [4.78, 5) is 19.0. The van der Waals surface area contributed by atoms with Crippen LogP contribution >= 0.6 is 0 Å². The lowest BCUT2D eigenvalue weighted by Gasteiger charge is -2.33. The maximum absolute atomic E-state index is 13.1. The third kappa shape index (κ3) is 3.28. The molecular formula is C17H19N7O. The molecule has 1 atom stereocenters. The van der Waals surface area contributed by atoms with E-state index in [9.17, 15) is 4.79 Å². The molecule has 1 aromatic carbocycles. The molecular weight excluding hydrogens is 318 g/mol. The van der Waals surface area contributed by atoms with Gasteiger partial charge in [0.1, 0.15) is 12.7 Å². The van der Waals surface area contributed by atoms with Crippen molar-refractivity contribution in [3.8, 4) is 5.69 Å². The number of likely N-dealkylation sites (tertiary alicyclic amines) is 1. The first-order valence-corrected chi connectivity index (χ1v) is 8.38. The number of nitrogens with zero attached hydrogens (tertiary/aromatic N) is 7. The van der Waals surface area contributed by atoms with Gasteiger partial charge in [0.25, 0.3) is 5.91 Å². The number of amides is 1. The molecule has 128 valence electrons. The number of benzene rings is 1. The van der Waals surface area contributed by atoms with E-state index >= 15 is 0 Å². The van der Waals surface area contributed by atoms with Gasteiger partial charge in [0.05, 0.1) is 23.6 Å². The van der Waals surface area contributed by atoms with Crippen molar-refractivity contribution < 1.29 is 4.79 Å². The highest BCUT2D eigenvalue weighted by Crippen LogP contribution is 2.22. The van der Waals surface area contributed by atoms with Gasteiger partial charge < -0.3 is 4.90 Å². The van der Waals surface area contributed by atoms with Gasteiger partial charge in [0, 0.05) is 19.6 Å². The first-order chi connectivity index (χ1) is 12.3. The minimum atomic E-state index is 0.0365. The van der Waals surface area contributed by atoms with Gasteiger partial charge in [-0.2, -0.15) is 5.10 Å². The maximum Gasteiger partial charge on any atom is 0.256 e. The Morgan fingerprint density at radius 3 is 3.00 bits per heavy atom. The summed E-state index contributed by atoms with van der Waals surface area (Å²) in [5.41, 5.74) is 1.40. The van der Waals surface area contributed by atoms with Crippen LogP contribution in [0.5, 0.6) is 0 Å². The van der Waals surface area contributed by atoms with Crippen LogP contribution in [0.4, 0.5) is 0 Å². The molecule has 8 nitrogen and oxygen atoms in total. The summed E-state index contributed by atoms with van der Waals surface area (Å²) in [5.74, 6) is 0.423. The van der Waals surface area contributed by atoms with Gasteiger partial charge in [0.15, 0.2) is 0 Å². The third-order valence-corrected chi connectivity index (χ3v) is 4.52. The van der Waals surface area contributed by atoms with Gasteiger partial charge in [-0.25, -0.2) is 9.67 Å². The van der Waals surface area contributed by atoms with Crippen LogP contribution in [-0.2, 0) is 6.54 Å². The number of piperidine rings is 1. The number of carbonyl (C=O) groups is 1. The average Bonchev–Trinajstić information content (AvgIpc) is 3.35. The fourth-order valence-electron chi connectivity index (χ4n) is 3.35. The molecule has 1 unspecified atom stereocenters. The Morgan fingerprint density at radius 2 is 2.20 bits per heavy atom. The van der Waals surface area contributed by atoms with Gasteiger partial charge in [-0.1, -0.05) is 17.3 Å². The summed E-state index contributed by atoms with van der Waals surface area (Å²) in [6.45, 7) is 2.29. The van der Waals surface area contributed by atoms with Crippen molar-refractivity contribution in [2.24, 2.45) is 5.92 Å². The quantitative estimate of drug-likeness (QED) is 0.719. The van der Waals surface area contributed by atoms with Gasteiger partial charge >= 0.3 is 0 Å². The largest absolute Gasteiger partial charge is 0.338 e. The van der Waals surface area contributed by atoms with E-state index in [2.05, 4.69) is 20.4 Å². The Hall–Kier alpha value is -3.03. The van der Waals surface area contributed by atoms with Gasteiger partial charge in [-0.3, -0.25) is 9.48 Å². The molecule has 1 aliphatic heterocycles. The van der Waals surface area contributed by atoms with Crippen molar-refractivity contribution in [3.63, 3.8) is 0 Å². The minimum absolute atomic E-state index is 0.0365. The van der Waals surface area contributed by atoms with Gasteiger partial charge in [-0.05, 0) is 30.9 Å². The van der Waals surface area contributed by atoms with Gasteiger partial charge in [-0.15, -0.1) is 5.10 Å². The predicted molar refractivity (Wildman–Crippen MR) is 90.0 cm³/mol. The van der Waals surface area contributed by atoms with E-state index in [0.29, 0.717) is 11.5 Å². The molecule has 0 radical (unpaired) electrons. The number of para-hydroxylation sites is 1. The van der Waals surface area contributed by atoms with E-state index in [1.54, 1.807) is 29.7 Å². The molecule has 1 amide bonds. The maximum atomic E-state index is 13.1. The van der Waals surface area contributed by atoms with E-state index in [-0.39, 0.29) is 5.91 Å². The van der Waals surface area contributed by atoms with Crippen molar-refractivity contribution in [1.29, 1.82) is 0 Å². The Bertz CT molecular complexity index is 829. The molecule has 3 heterocycles. The molecule has 25 heavy (non-hydrogen) atoms. The van der Waals surface area contributed by atoms with Gasteiger partial charge in [0.2, 0.25) is 0 Å². The predicted octanol–water partition coefficient (Wildman–Crippen LogP) is 1.41. The van der Waals surface area contributed by atoms with Crippen molar-refractivity contribution in [2.75, 3.05) is 13.1 Å². The smallest absolute Gasteiger partial charge is 0.256 e. The number of hydrogen-bond donors (Lipinski definition) is 0. The highest BCUT2D eigenvalue weighted by atomic mass is 16.2. The molecule has 4 rings (SSSR count). The molecule has 1 fully saturated rings. The van der Waals surface area contributed by atoms with E-state index in [4.69, 9.17) is 0 Å². The van der Waals surface area contributed by atoms with Crippen LogP contribution in [0.2, 0.25) is 0 Å². The highest BCUT2D eigenvalue weighted by Gasteiger charge is 2.26. The van der Waals surface area contributed by atoms with Crippen molar-refractivity contribution in [3.05, 3.63) is 54.9 Å². The number of rotatable bonds is 4. The van der Waals surface area contributed by atoms with Crippen LogP contribution in [0.1, 0.15) is 23.2 Å². The average molecular weight is 337 g/mol. The first-order valence-electron chi connectivity index (χ1n) is 8.38. The van der Waals surface area contributed by atoms with Crippen LogP contribution in [0.25, 0.3) is 5.69 Å². The monoisotopic (exact) mass is 337 g/mol. The molecule has 0 bridgehead atoms. The van der Waals surface area contributed by atoms with Crippen molar-refractivity contribution >= 4 is 5.91 Å². The zero-order valence-electron chi connectivity index (χ0n) is 13.8. The SMILES string of the molecule is O=C(c1ccccc1-n1ccnn1)N1CCCC(Cn2cncn2)C1. The number of carbonyl (C=O) groups excluding carboxylic acids is 1. The summed E-state index contributed by atoms with van der Waals surface area (Å²) in [7, 11) is 0. The molecule has 1 saturated heterocycles. The molecule has 0 aliphatic carbocycles. The lowest BCUT2D eigenvalue weighted by Crippen LogP contribution is -2.41. The van der Waals surface area contributed by atoms with Crippen LogP contribution < -0.4 is 0 Å². The zero-order valence-corrected chi connectivity index (χ0v) is 13.8. The Kier molecular flexibility index (Phi) is 4.24. The number of aromatic nitrogens is 6. The second-order valence-corrected chi connectivity index (χ2v) is 6.24. The molecule has 0 saturated carbocycles. The first kappa shape index (κ1) is 15.5. The summed E-state index contributed by atoms with van der Waals surface area (Å²) >= 11 is 0. The van der Waals surface area contributed by atoms with E-state index in [0.717, 1.165) is 38.2 Å². The molecule has 2 aromatic heterocycles. The molecule has 1 aliphatic rings. The summed E-state index contributed by atoms with van der Waals surface area (Å²) in [5, 5.41) is 12.0. The molecule has 0 spiro atoms. The standard InChI is InChI=1S/C17H19N7O/c25-17(15-5-1-2-6-16(15)24-9-7-19-21-24)22-8-3-4-14(10-22)11-23-13-18-12-20-23/h1-2,5-7,9,12-14H,3-4,8,10-11H2. The highest BCUT2D eigenvalue weighted by molar-refractivity contribution is 5.97. The van der Waals surface area contributed by atoms with Crippen LogP contribution in [-0.4, -0.2) is 53.7 Å². The Balaban J connectivity index is 1.53. The van der Waals surface area contributed by atoms with E-state index < -0.39 is 0 Å². The van der Waals surface area contributed by atoms with Crippen molar-refractivity contribution in [1.82, 2.24) is 34.7 Å². The second-order valence-electron chi connectivity index (χ2n) is 6.24. The van der Waals surface area contributed by atoms with E-state index in [1.807, 2.05) is 33.8 Å². The molecule has 8 heteroatoms. The fraction of sp³-hybridized carbons (Fsp3) is 0.353. The fourth-order valence-corrected chi connectivity index (χ4v) is 3.35. The summed E-state index contributed by atoms with van der Waals surface area (Å²) < 4.78 is 3.46. The summed E-state index contributed by atoms with van der Waals surface area (Å²) in [6.07, 6.45) is 8.71. The van der Waals surface area contributed by atoms with Crippen LogP contribution in [0, 0.1) is 5.92 Å². The van der Waals surface area contributed by atoms with E-state index in [1.165, 1.54) is 0 Å².